The number of aromatic nitrogens is 3. The quantitative estimate of drug-likeness (QED) is 0.744. The third-order valence-corrected chi connectivity index (χ3v) is 3.70. The minimum absolute atomic E-state index is 0.698. The van der Waals surface area contributed by atoms with Crippen molar-refractivity contribution in [1.82, 2.24) is 15.0 Å². The van der Waals surface area contributed by atoms with Gasteiger partial charge in [-0.05, 0) is 24.3 Å². The molecule has 0 saturated heterocycles. The number of hydrogen-bond donors (Lipinski definition) is 0. The summed E-state index contributed by atoms with van der Waals surface area (Å²) in [5, 5.41) is 8.93. The SMILES string of the molecule is c1ccc(-n2ncc(CN3CCOc4ccccc43)n2)cc1. The molecule has 4 rings (SSSR count). The molecule has 22 heavy (non-hydrogen) atoms. The first-order chi connectivity index (χ1) is 10.9. The second-order valence-electron chi connectivity index (χ2n) is 5.20. The average Bonchev–Trinajstić information content (AvgIpc) is 3.05. The van der Waals surface area contributed by atoms with Gasteiger partial charge in [-0.25, -0.2) is 0 Å². The van der Waals surface area contributed by atoms with Crippen LogP contribution in [0.1, 0.15) is 5.69 Å². The van der Waals surface area contributed by atoms with Gasteiger partial charge in [0.25, 0.3) is 0 Å². The molecule has 0 fully saturated rings. The monoisotopic (exact) mass is 292 g/mol. The van der Waals surface area contributed by atoms with Crippen LogP contribution in [0.3, 0.4) is 0 Å². The van der Waals surface area contributed by atoms with Crippen LogP contribution in [0.25, 0.3) is 5.69 Å². The normalized spacial score (nSPS) is 13.5. The Morgan fingerprint density at radius 3 is 2.73 bits per heavy atom. The first-order valence-corrected chi connectivity index (χ1v) is 7.33. The van der Waals surface area contributed by atoms with Crippen molar-refractivity contribution < 1.29 is 4.74 Å². The predicted molar refractivity (Wildman–Crippen MR) is 84.3 cm³/mol. The number of anilines is 1. The first kappa shape index (κ1) is 12.9. The zero-order valence-corrected chi connectivity index (χ0v) is 12.1. The molecular formula is C17H16N4O. The third kappa shape index (κ3) is 2.41. The number of rotatable bonds is 3. The molecule has 3 aromatic rings. The number of ether oxygens (including phenoxy) is 1. The molecule has 2 aromatic carbocycles. The van der Waals surface area contributed by atoms with Crippen LogP contribution in [0.15, 0.2) is 60.8 Å². The third-order valence-electron chi connectivity index (χ3n) is 3.70. The van der Waals surface area contributed by atoms with Crippen LogP contribution in [-0.2, 0) is 6.54 Å². The zero-order valence-electron chi connectivity index (χ0n) is 12.1. The summed E-state index contributed by atoms with van der Waals surface area (Å²) in [5.41, 5.74) is 3.03. The van der Waals surface area contributed by atoms with E-state index in [9.17, 15) is 0 Å². The summed E-state index contributed by atoms with van der Waals surface area (Å²) in [5.74, 6) is 0.934. The van der Waals surface area contributed by atoms with Crippen molar-refractivity contribution in [2.45, 2.75) is 6.54 Å². The van der Waals surface area contributed by atoms with Crippen molar-refractivity contribution in [3.63, 3.8) is 0 Å². The van der Waals surface area contributed by atoms with Crippen LogP contribution in [-0.4, -0.2) is 28.1 Å². The first-order valence-electron chi connectivity index (χ1n) is 7.33. The van der Waals surface area contributed by atoms with E-state index in [0.717, 1.165) is 35.9 Å². The van der Waals surface area contributed by atoms with Crippen molar-refractivity contribution in [3.8, 4) is 11.4 Å². The van der Waals surface area contributed by atoms with Gasteiger partial charge in [-0.1, -0.05) is 30.3 Å². The molecule has 1 aliphatic heterocycles. The Hall–Kier alpha value is -2.82. The Balaban J connectivity index is 1.57. The van der Waals surface area contributed by atoms with Crippen LogP contribution in [0.4, 0.5) is 5.69 Å². The van der Waals surface area contributed by atoms with E-state index >= 15 is 0 Å². The van der Waals surface area contributed by atoms with Gasteiger partial charge in [0.15, 0.2) is 0 Å². The van der Waals surface area contributed by atoms with E-state index in [1.807, 2.05) is 54.7 Å². The maximum absolute atomic E-state index is 5.68. The molecule has 2 heterocycles. The molecule has 0 atom stereocenters. The maximum Gasteiger partial charge on any atom is 0.142 e. The van der Waals surface area contributed by atoms with E-state index < -0.39 is 0 Å². The van der Waals surface area contributed by atoms with Crippen molar-refractivity contribution in [2.24, 2.45) is 0 Å². The van der Waals surface area contributed by atoms with Gasteiger partial charge in [0, 0.05) is 0 Å². The van der Waals surface area contributed by atoms with Gasteiger partial charge in [0.2, 0.25) is 0 Å². The lowest BCUT2D eigenvalue weighted by Crippen LogP contribution is -2.32. The van der Waals surface area contributed by atoms with Crippen LogP contribution in [0, 0.1) is 0 Å². The Labute approximate surface area is 128 Å². The maximum atomic E-state index is 5.68. The van der Waals surface area contributed by atoms with E-state index in [1.54, 1.807) is 4.80 Å². The lowest BCUT2D eigenvalue weighted by Gasteiger charge is -2.30. The topological polar surface area (TPSA) is 43.2 Å². The van der Waals surface area contributed by atoms with Crippen molar-refractivity contribution in [1.29, 1.82) is 0 Å². The number of benzene rings is 2. The number of hydrogen-bond acceptors (Lipinski definition) is 4. The molecule has 0 bridgehead atoms. The molecule has 0 N–H and O–H groups in total. The van der Waals surface area contributed by atoms with Gasteiger partial charge in [-0.3, -0.25) is 0 Å². The number of para-hydroxylation sites is 3. The van der Waals surface area contributed by atoms with Crippen molar-refractivity contribution in [2.75, 3.05) is 18.1 Å². The van der Waals surface area contributed by atoms with E-state index in [2.05, 4.69) is 21.2 Å². The van der Waals surface area contributed by atoms with Gasteiger partial charge in [0.1, 0.15) is 18.1 Å². The molecule has 0 radical (unpaired) electrons. The predicted octanol–water partition coefficient (Wildman–Crippen LogP) is 2.67. The summed E-state index contributed by atoms with van der Waals surface area (Å²) in [4.78, 5) is 3.94. The van der Waals surface area contributed by atoms with Crippen LogP contribution >= 0.6 is 0 Å². The molecule has 1 aliphatic rings. The Morgan fingerprint density at radius 1 is 1.00 bits per heavy atom. The van der Waals surface area contributed by atoms with Gasteiger partial charge in [-0.2, -0.15) is 15.0 Å². The molecule has 5 heteroatoms. The fraction of sp³-hybridized carbons (Fsp3) is 0.176. The van der Waals surface area contributed by atoms with E-state index in [0.29, 0.717) is 6.61 Å². The van der Waals surface area contributed by atoms with Gasteiger partial charge in [-0.15, -0.1) is 0 Å². The Kier molecular flexibility index (Phi) is 3.23. The molecule has 0 saturated carbocycles. The zero-order chi connectivity index (χ0) is 14.8. The average molecular weight is 292 g/mol. The van der Waals surface area contributed by atoms with Crippen LogP contribution in [0.5, 0.6) is 5.75 Å². The molecule has 0 unspecified atom stereocenters. The summed E-state index contributed by atoms with van der Waals surface area (Å²) in [7, 11) is 0. The van der Waals surface area contributed by atoms with E-state index in [-0.39, 0.29) is 0 Å². The van der Waals surface area contributed by atoms with Gasteiger partial charge >= 0.3 is 0 Å². The fourth-order valence-corrected chi connectivity index (χ4v) is 2.64. The Morgan fingerprint density at radius 2 is 1.82 bits per heavy atom. The second kappa shape index (κ2) is 5.52. The summed E-state index contributed by atoms with van der Waals surface area (Å²) >= 11 is 0. The highest BCUT2D eigenvalue weighted by Gasteiger charge is 2.18. The molecule has 0 aliphatic carbocycles. The summed E-state index contributed by atoms with van der Waals surface area (Å²) in [6.45, 7) is 2.28. The van der Waals surface area contributed by atoms with Gasteiger partial charge < -0.3 is 9.64 Å². The van der Waals surface area contributed by atoms with Crippen LogP contribution in [0.2, 0.25) is 0 Å². The van der Waals surface area contributed by atoms with E-state index in [1.165, 1.54) is 0 Å². The number of nitrogens with zero attached hydrogens (tertiary/aromatic N) is 4. The standard InChI is InChI=1S/C17H16N4O/c1-2-6-15(7-3-1)21-18-12-14(19-21)13-20-10-11-22-17-9-5-4-8-16(17)20/h1-9,12H,10-11,13H2. The highest BCUT2D eigenvalue weighted by molar-refractivity contribution is 5.59. The lowest BCUT2D eigenvalue weighted by atomic mass is 10.2. The highest BCUT2D eigenvalue weighted by Crippen LogP contribution is 2.31. The molecule has 0 amide bonds. The minimum Gasteiger partial charge on any atom is -0.490 e. The fourth-order valence-electron chi connectivity index (χ4n) is 2.64. The molecular weight excluding hydrogens is 276 g/mol. The Bertz CT molecular complexity index is 769. The smallest absolute Gasteiger partial charge is 0.142 e. The highest BCUT2D eigenvalue weighted by atomic mass is 16.5. The van der Waals surface area contributed by atoms with Crippen molar-refractivity contribution >= 4 is 5.69 Å². The van der Waals surface area contributed by atoms with Crippen LogP contribution < -0.4 is 9.64 Å². The lowest BCUT2D eigenvalue weighted by molar-refractivity contribution is 0.306. The minimum atomic E-state index is 0.698. The molecule has 110 valence electrons. The summed E-state index contributed by atoms with van der Waals surface area (Å²) in [6, 6.07) is 18.0. The number of fused-ring (bicyclic) bond motifs is 1. The van der Waals surface area contributed by atoms with E-state index in [4.69, 9.17) is 4.74 Å². The van der Waals surface area contributed by atoms with Crippen molar-refractivity contribution in [3.05, 3.63) is 66.5 Å². The summed E-state index contributed by atoms with van der Waals surface area (Å²) in [6.07, 6.45) is 1.82. The molecule has 5 nitrogen and oxygen atoms in total. The van der Waals surface area contributed by atoms with Gasteiger partial charge in [0.05, 0.1) is 30.7 Å². The molecule has 1 aromatic heterocycles. The largest absolute Gasteiger partial charge is 0.490 e. The summed E-state index contributed by atoms with van der Waals surface area (Å²) < 4.78 is 5.68. The second-order valence-corrected chi connectivity index (χ2v) is 5.20. The molecule has 0 spiro atoms.